The van der Waals surface area contributed by atoms with Gasteiger partial charge in [-0.3, -0.25) is 14.4 Å². The number of carbonyl (C=O) groups is 3. The first-order valence-electron chi connectivity index (χ1n) is 8.08. The zero-order valence-electron chi connectivity index (χ0n) is 15.2. The number of anilines is 1. The van der Waals surface area contributed by atoms with Gasteiger partial charge in [-0.1, -0.05) is 6.07 Å². The van der Waals surface area contributed by atoms with Crippen LogP contribution in [0.1, 0.15) is 41.7 Å². The van der Waals surface area contributed by atoms with Crippen LogP contribution in [0.2, 0.25) is 0 Å². The van der Waals surface area contributed by atoms with Crippen LogP contribution in [0, 0.1) is 0 Å². The van der Waals surface area contributed by atoms with Gasteiger partial charge in [0.05, 0.1) is 6.26 Å². The average Bonchev–Trinajstić information content (AvgIpc) is 3.07. The first-order chi connectivity index (χ1) is 12.2. The van der Waals surface area contributed by atoms with Gasteiger partial charge in [0.2, 0.25) is 0 Å². The average molecular weight is 358 g/mol. The molecule has 7 nitrogen and oxygen atoms in total. The molecule has 0 radical (unpaired) electrons. The fraction of sp³-hybridized carbons (Fsp3) is 0.316. The van der Waals surface area contributed by atoms with Gasteiger partial charge in [0.1, 0.15) is 12.1 Å². The van der Waals surface area contributed by atoms with Crippen molar-refractivity contribution in [2.45, 2.75) is 26.4 Å². The number of nitrogens with zero attached hydrogens (tertiary/aromatic N) is 1. The minimum Gasteiger partial charge on any atom is -0.459 e. The fourth-order valence-electron chi connectivity index (χ4n) is 2.19. The maximum Gasteiger partial charge on any atom is 0.326 e. The Morgan fingerprint density at radius 2 is 1.88 bits per heavy atom. The van der Waals surface area contributed by atoms with Crippen molar-refractivity contribution in [1.82, 2.24) is 4.90 Å². The molecule has 0 atom stereocenters. The third kappa shape index (κ3) is 5.47. The molecule has 2 rings (SSSR count). The molecule has 2 amide bonds. The number of furan rings is 1. The molecule has 0 bridgehead atoms. The van der Waals surface area contributed by atoms with Crippen LogP contribution in [-0.2, 0) is 9.53 Å². The highest BCUT2D eigenvalue weighted by atomic mass is 16.6. The lowest BCUT2D eigenvalue weighted by Gasteiger charge is -2.22. The molecule has 1 N–H and O–H groups in total. The molecule has 0 unspecified atom stereocenters. The van der Waals surface area contributed by atoms with E-state index in [2.05, 4.69) is 5.32 Å². The van der Waals surface area contributed by atoms with Crippen LogP contribution < -0.4 is 5.32 Å². The Balaban J connectivity index is 2.03. The number of likely N-dealkylation sites (N-methyl/N-ethyl adjacent to an activating group) is 1. The van der Waals surface area contributed by atoms with Crippen molar-refractivity contribution in [3.05, 3.63) is 54.0 Å². The van der Waals surface area contributed by atoms with Crippen molar-refractivity contribution >= 4 is 23.5 Å². The second kappa shape index (κ2) is 7.86. The summed E-state index contributed by atoms with van der Waals surface area (Å²) in [5, 5.41) is 2.66. The second-order valence-corrected chi connectivity index (χ2v) is 6.76. The Morgan fingerprint density at radius 1 is 1.15 bits per heavy atom. The number of hydrogen-bond donors (Lipinski definition) is 1. The molecule has 0 saturated heterocycles. The Labute approximate surface area is 151 Å². The van der Waals surface area contributed by atoms with Gasteiger partial charge in [-0.15, -0.1) is 0 Å². The Bertz CT molecular complexity index is 791. The van der Waals surface area contributed by atoms with E-state index in [1.807, 2.05) is 0 Å². The minimum atomic E-state index is -0.614. The molecule has 0 fully saturated rings. The number of benzene rings is 1. The molecule has 138 valence electrons. The first-order valence-corrected chi connectivity index (χ1v) is 8.08. The van der Waals surface area contributed by atoms with Gasteiger partial charge in [-0.2, -0.15) is 0 Å². The van der Waals surface area contributed by atoms with Crippen LogP contribution in [0.4, 0.5) is 5.69 Å². The number of esters is 1. The van der Waals surface area contributed by atoms with Crippen LogP contribution in [0.15, 0.2) is 47.1 Å². The molecule has 1 aromatic carbocycles. The lowest BCUT2D eigenvalue weighted by atomic mass is 10.1. The van der Waals surface area contributed by atoms with E-state index >= 15 is 0 Å². The Kier molecular flexibility index (Phi) is 5.82. The summed E-state index contributed by atoms with van der Waals surface area (Å²) in [4.78, 5) is 37.6. The van der Waals surface area contributed by atoms with Gasteiger partial charge in [0, 0.05) is 18.3 Å². The van der Waals surface area contributed by atoms with Gasteiger partial charge in [-0.25, -0.2) is 0 Å². The van der Waals surface area contributed by atoms with Crippen molar-refractivity contribution in [2.75, 3.05) is 18.9 Å². The number of hydrogen-bond acceptors (Lipinski definition) is 5. The maximum absolute atomic E-state index is 12.5. The van der Waals surface area contributed by atoms with Gasteiger partial charge < -0.3 is 19.4 Å². The monoisotopic (exact) mass is 358 g/mol. The standard InChI is InChI=1S/C19H22N2O5/c1-19(2,3)26-16(22)12-21(4)18(24)13-7-5-8-14(11-13)20-17(23)15-9-6-10-25-15/h5-11H,12H2,1-4H3,(H,20,23). The quantitative estimate of drug-likeness (QED) is 0.830. The van der Waals surface area contributed by atoms with Crippen molar-refractivity contribution in [3.8, 4) is 0 Å². The third-order valence-corrected chi connectivity index (χ3v) is 3.25. The molecule has 1 heterocycles. The first kappa shape index (κ1) is 19.2. The van der Waals surface area contributed by atoms with Crippen LogP contribution in [0.25, 0.3) is 0 Å². The lowest BCUT2D eigenvalue weighted by molar-refractivity contribution is -0.155. The van der Waals surface area contributed by atoms with E-state index in [9.17, 15) is 14.4 Å². The highest BCUT2D eigenvalue weighted by molar-refractivity contribution is 6.03. The second-order valence-electron chi connectivity index (χ2n) is 6.76. The molecule has 0 aliphatic rings. The molecule has 0 spiro atoms. The number of ether oxygens (including phenoxy) is 1. The van der Waals surface area contributed by atoms with Crippen molar-refractivity contribution in [3.63, 3.8) is 0 Å². The van der Waals surface area contributed by atoms with Gasteiger partial charge >= 0.3 is 5.97 Å². The molecule has 0 saturated carbocycles. The van der Waals surface area contributed by atoms with E-state index in [0.717, 1.165) is 0 Å². The molecule has 0 aliphatic carbocycles. The summed E-state index contributed by atoms with van der Waals surface area (Å²) in [6.45, 7) is 5.12. The predicted octanol–water partition coefficient (Wildman–Crippen LogP) is 2.95. The zero-order chi connectivity index (χ0) is 19.3. The van der Waals surface area contributed by atoms with Gasteiger partial charge in [0.15, 0.2) is 5.76 Å². The summed E-state index contributed by atoms with van der Waals surface area (Å²) in [5.41, 5.74) is 0.174. The third-order valence-electron chi connectivity index (χ3n) is 3.25. The summed E-state index contributed by atoms with van der Waals surface area (Å²) in [5.74, 6) is -1.09. The van der Waals surface area contributed by atoms with Gasteiger partial charge in [-0.05, 0) is 51.1 Å². The lowest BCUT2D eigenvalue weighted by Crippen LogP contribution is -2.36. The molecule has 0 aliphatic heterocycles. The van der Waals surface area contributed by atoms with Crippen molar-refractivity contribution in [2.24, 2.45) is 0 Å². The SMILES string of the molecule is CN(CC(=O)OC(C)(C)C)C(=O)c1cccc(NC(=O)c2ccco2)c1. The van der Waals surface area contributed by atoms with Crippen LogP contribution in [0.5, 0.6) is 0 Å². The molecular formula is C19H22N2O5. The number of nitrogens with one attached hydrogen (secondary N) is 1. The maximum atomic E-state index is 12.5. The number of amides is 2. The van der Waals surface area contributed by atoms with Gasteiger partial charge in [0.25, 0.3) is 11.8 Å². The Morgan fingerprint density at radius 3 is 2.50 bits per heavy atom. The van der Waals surface area contributed by atoms with Crippen molar-refractivity contribution < 1.29 is 23.5 Å². The highest BCUT2D eigenvalue weighted by Crippen LogP contribution is 2.15. The topological polar surface area (TPSA) is 88.9 Å². The normalized spacial score (nSPS) is 10.9. The highest BCUT2D eigenvalue weighted by Gasteiger charge is 2.21. The zero-order valence-corrected chi connectivity index (χ0v) is 15.2. The Hall–Kier alpha value is -3.09. The minimum absolute atomic E-state index is 0.168. The summed E-state index contributed by atoms with van der Waals surface area (Å²) in [6.07, 6.45) is 1.40. The number of rotatable bonds is 5. The van der Waals surface area contributed by atoms with E-state index in [1.54, 1.807) is 51.1 Å². The van der Waals surface area contributed by atoms with Crippen LogP contribution in [0.3, 0.4) is 0 Å². The van der Waals surface area contributed by atoms with E-state index < -0.39 is 17.5 Å². The molecule has 1 aromatic heterocycles. The van der Waals surface area contributed by atoms with E-state index in [0.29, 0.717) is 11.3 Å². The summed E-state index contributed by atoms with van der Waals surface area (Å²) in [7, 11) is 1.51. The summed E-state index contributed by atoms with van der Waals surface area (Å²) in [6, 6.07) is 9.60. The number of carbonyl (C=O) groups excluding carboxylic acids is 3. The molecule has 26 heavy (non-hydrogen) atoms. The fourth-order valence-corrected chi connectivity index (χ4v) is 2.19. The van der Waals surface area contributed by atoms with E-state index in [1.165, 1.54) is 24.3 Å². The summed E-state index contributed by atoms with van der Waals surface area (Å²) >= 11 is 0. The van der Waals surface area contributed by atoms with E-state index in [4.69, 9.17) is 9.15 Å². The smallest absolute Gasteiger partial charge is 0.326 e. The molecule has 7 heteroatoms. The van der Waals surface area contributed by atoms with Crippen molar-refractivity contribution in [1.29, 1.82) is 0 Å². The van der Waals surface area contributed by atoms with E-state index in [-0.39, 0.29) is 18.2 Å². The summed E-state index contributed by atoms with van der Waals surface area (Å²) < 4.78 is 10.2. The largest absolute Gasteiger partial charge is 0.459 e. The van der Waals surface area contributed by atoms with Crippen LogP contribution >= 0.6 is 0 Å². The van der Waals surface area contributed by atoms with Crippen LogP contribution in [-0.4, -0.2) is 41.9 Å². The predicted molar refractivity (Wildman–Crippen MR) is 95.9 cm³/mol. The molecule has 2 aromatic rings. The molecular weight excluding hydrogens is 336 g/mol.